The number of amides is 1. The highest BCUT2D eigenvalue weighted by Crippen LogP contribution is 2.31. The summed E-state index contributed by atoms with van der Waals surface area (Å²) in [6, 6.07) is 16.3. The molecule has 1 N–H and O–H groups in total. The lowest BCUT2D eigenvalue weighted by Crippen LogP contribution is -2.28. The lowest BCUT2D eigenvalue weighted by molar-refractivity contribution is 0.102. The second kappa shape index (κ2) is 8.22. The zero-order valence-corrected chi connectivity index (χ0v) is 17.4. The molecule has 28 heavy (non-hydrogen) atoms. The number of carbonyl (C=O) groups excluding carboxylic acids is 1. The molecule has 0 atom stereocenters. The molecule has 0 saturated heterocycles. The Morgan fingerprint density at radius 3 is 2.36 bits per heavy atom. The Morgan fingerprint density at radius 2 is 1.75 bits per heavy atom. The van der Waals surface area contributed by atoms with E-state index in [2.05, 4.69) is 5.32 Å². The number of halogens is 1. The fraction of sp³-hybridized carbons (Fsp3) is 0.105. The minimum absolute atomic E-state index is 0.102. The van der Waals surface area contributed by atoms with Gasteiger partial charge in [-0.3, -0.25) is 9.10 Å². The first-order valence-electron chi connectivity index (χ1n) is 8.11. The summed E-state index contributed by atoms with van der Waals surface area (Å²) in [5.41, 5.74) is 1.06. The predicted molar refractivity (Wildman–Crippen MR) is 112 cm³/mol. The highest BCUT2D eigenvalue weighted by Gasteiger charge is 2.26. The SMILES string of the molecule is COc1ccc(NC(=O)c2ccccc2N(C)S(=O)(=O)c2ccc(Cl)s2)cc1. The molecule has 3 rings (SSSR count). The third kappa shape index (κ3) is 4.14. The Hall–Kier alpha value is -2.55. The summed E-state index contributed by atoms with van der Waals surface area (Å²) < 4.78 is 32.4. The smallest absolute Gasteiger partial charge is 0.273 e. The summed E-state index contributed by atoms with van der Waals surface area (Å²) in [5.74, 6) is 0.242. The maximum absolute atomic E-state index is 12.9. The topological polar surface area (TPSA) is 75.7 Å². The zero-order valence-electron chi connectivity index (χ0n) is 15.0. The lowest BCUT2D eigenvalue weighted by Gasteiger charge is -2.21. The number of ether oxygens (including phenoxy) is 1. The largest absolute Gasteiger partial charge is 0.497 e. The van der Waals surface area contributed by atoms with Gasteiger partial charge in [-0.2, -0.15) is 0 Å². The van der Waals surface area contributed by atoms with Crippen LogP contribution in [0.5, 0.6) is 5.75 Å². The molecule has 0 unspecified atom stereocenters. The Morgan fingerprint density at radius 1 is 1.07 bits per heavy atom. The molecule has 0 spiro atoms. The van der Waals surface area contributed by atoms with Crippen molar-refractivity contribution in [2.75, 3.05) is 23.8 Å². The van der Waals surface area contributed by atoms with Gasteiger partial charge in [0.05, 0.1) is 22.7 Å². The summed E-state index contributed by atoms with van der Waals surface area (Å²) >= 11 is 6.83. The van der Waals surface area contributed by atoms with Crippen LogP contribution in [0.3, 0.4) is 0 Å². The van der Waals surface area contributed by atoms with Gasteiger partial charge in [0.2, 0.25) is 0 Å². The molecule has 3 aromatic rings. The maximum atomic E-state index is 12.9. The third-order valence-corrected chi connectivity index (χ3v) is 7.47. The molecule has 1 aromatic heterocycles. The first kappa shape index (κ1) is 20.2. The number of thiophene rings is 1. The van der Waals surface area contributed by atoms with Gasteiger partial charge in [-0.05, 0) is 48.5 Å². The van der Waals surface area contributed by atoms with Crippen LogP contribution in [0.4, 0.5) is 11.4 Å². The minimum atomic E-state index is -3.84. The fourth-order valence-electron chi connectivity index (χ4n) is 2.51. The zero-order chi connectivity index (χ0) is 20.3. The number of hydrogen-bond donors (Lipinski definition) is 1. The van der Waals surface area contributed by atoms with Gasteiger partial charge in [-0.1, -0.05) is 23.7 Å². The van der Waals surface area contributed by atoms with Gasteiger partial charge in [-0.15, -0.1) is 11.3 Å². The number of para-hydroxylation sites is 1. The van der Waals surface area contributed by atoms with Crippen molar-refractivity contribution in [1.29, 1.82) is 0 Å². The molecule has 0 bridgehead atoms. The number of nitrogens with zero attached hydrogens (tertiary/aromatic N) is 1. The standard InChI is InChI=1S/C19H17ClN2O4S2/c1-22(28(24,25)18-12-11-17(20)27-18)16-6-4-3-5-15(16)19(23)21-13-7-9-14(26-2)10-8-13/h3-12H,1-2H3,(H,21,23). The van der Waals surface area contributed by atoms with E-state index in [-0.39, 0.29) is 15.5 Å². The van der Waals surface area contributed by atoms with E-state index in [1.165, 1.54) is 19.2 Å². The fourth-order valence-corrected chi connectivity index (χ4v) is 5.38. The number of anilines is 2. The van der Waals surface area contributed by atoms with E-state index in [9.17, 15) is 13.2 Å². The monoisotopic (exact) mass is 436 g/mol. The van der Waals surface area contributed by atoms with E-state index in [0.29, 0.717) is 15.8 Å². The maximum Gasteiger partial charge on any atom is 0.273 e. The molecule has 0 radical (unpaired) electrons. The van der Waals surface area contributed by atoms with Crippen molar-refractivity contribution in [3.8, 4) is 5.75 Å². The Balaban J connectivity index is 1.90. The number of nitrogens with one attached hydrogen (secondary N) is 1. The van der Waals surface area contributed by atoms with E-state index < -0.39 is 15.9 Å². The van der Waals surface area contributed by atoms with Gasteiger partial charge in [0.25, 0.3) is 15.9 Å². The Labute approximate surface area is 172 Å². The lowest BCUT2D eigenvalue weighted by atomic mass is 10.1. The molecule has 0 aliphatic rings. The van der Waals surface area contributed by atoms with Crippen LogP contribution >= 0.6 is 22.9 Å². The highest BCUT2D eigenvalue weighted by atomic mass is 35.5. The van der Waals surface area contributed by atoms with Crippen molar-refractivity contribution in [1.82, 2.24) is 0 Å². The molecule has 146 valence electrons. The van der Waals surface area contributed by atoms with E-state index in [4.69, 9.17) is 16.3 Å². The second-order valence-corrected chi connectivity index (χ2v) is 9.64. The molecular formula is C19H17ClN2O4S2. The first-order valence-corrected chi connectivity index (χ1v) is 10.7. The summed E-state index contributed by atoms with van der Waals surface area (Å²) in [5, 5.41) is 2.77. The Kier molecular flexibility index (Phi) is 5.93. The van der Waals surface area contributed by atoms with Crippen molar-refractivity contribution in [2.24, 2.45) is 0 Å². The van der Waals surface area contributed by atoms with Gasteiger partial charge in [0, 0.05) is 12.7 Å². The second-order valence-electron chi connectivity index (χ2n) is 5.73. The van der Waals surface area contributed by atoms with Gasteiger partial charge < -0.3 is 10.1 Å². The molecule has 1 amide bonds. The molecule has 1 heterocycles. The molecule has 0 aliphatic heterocycles. The number of methoxy groups -OCH3 is 1. The van der Waals surface area contributed by atoms with Gasteiger partial charge in [-0.25, -0.2) is 8.42 Å². The normalized spacial score (nSPS) is 11.1. The van der Waals surface area contributed by atoms with Crippen LogP contribution in [-0.4, -0.2) is 28.5 Å². The van der Waals surface area contributed by atoms with E-state index >= 15 is 0 Å². The highest BCUT2D eigenvalue weighted by molar-refractivity contribution is 7.94. The van der Waals surface area contributed by atoms with Crippen molar-refractivity contribution in [2.45, 2.75) is 4.21 Å². The van der Waals surface area contributed by atoms with Crippen LogP contribution in [0.2, 0.25) is 4.34 Å². The summed E-state index contributed by atoms with van der Waals surface area (Å²) in [7, 11) is -0.877. The van der Waals surface area contributed by atoms with E-state index in [1.807, 2.05) is 0 Å². The van der Waals surface area contributed by atoms with Crippen molar-refractivity contribution in [3.05, 3.63) is 70.6 Å². The molecule has 6 nitrogen and oxygen atoms in total. The third-order valence-electron chi connectivity index (χ3n) is 4.00. The molecular weight excluding hydrogens is 420 g/mol. The number of carbonyl (C=O) groups is 1. The molecule has 0 fully saturated rings. The molecule has 9 heteroatoms. The van der Waals surface area contributed by atoms with Crippen molar-refractivity contribution in [3.63, 3.8) is 0 Å². The summed E-state index contributed by atoms with van der Waals surface area (Å²) in [6.45, 7) is 0. The van der Waals surface area contributed by atoms with Crippen LogP contribution in [0.1, 0.15) is 10.4 Å². The van der Waals surface area contributed by atoms with Gasteiger partial charge >= 0.3 is 0 Å². The molecule has 0 saturated carbocycles. The van der Waals surface area contributed by atoms with Gasteiger partial charge in [0.15, 0.2) is 0 Å². The Bertz CT molecular complexity index is 1100. The number of hydrogen-bond acceptors (Lipinski definition) is 5. The van der Waals surface area contributed by atoms with Crippen LogP contribution in [0, 0.1) is 0 Å². The van der Waals surface area contributed by atoms with Crippen LogP contribution < -0.4 is 14.4 Å². The first-order chi connectivity index (χ1) is 13.3. The number of benzene rings is 2. The number of sulfonamides is 1. The van der Waals surface area contributed by atoms with Crippen molar-refractivity contribution >= 4 is 50.2 Å². The quantitative estimate of drug-likeness (QED) is 0.617. The van der Waals surface area contributed by atoms with Crippen LogP contribution in [-0.2, 0) is 10.0 Å². The predicted octanol–water partition coefficient (Wildman–Crippen LogP) is 4.49. The van der Waals surface area contributed by atoms with Crippen LogP contribution in [0.15, 0.2) is 64.9 Å². The van der Waals surface area contributed by atoms with Crippen molar-refractivity contribution < 1.29 is 17.9 Å². The van der Waals surface area contributed by atoms with E-state index in [0.717, 1.165) is 15.6 Å². The van der Waals surface area contributed by atoms with E-state index in [1.54, 1.807) is 55.6 Å². The average Bonchev–Trinajstić information content (AvgIpc) is 3.15. The minimum Gasteiger partial charge on any atom is -0.497 e. The average molecular weight is 437 g/mol. The summed E-state index contributed by atoms with van der Waals surface area (Å²) in [6.07, 6.45) is 0. The van der Waals surface area contributed by atoms with Crippen LogP contribution in [0.25, 0.3) is 0 Å². The van der Waals surface area contributed by atoms with Gasteiger partial charge in [0.1, 0.15) is 9.96 Å². The molecule has 2 aromatic carbocycles. The number of rotatable bonds is 6. The summed E-state index contributed by atoms with van der Waals surface area (Å²) in [4.78, 5) is 12.8. The molecule has 0 aliphatic carbocycles.